The average molecular weight is 484 g/mol. The molecule has 3 atom stereocenters. The molecule has 0 aromatic heterocycles. The quantitative estimate of drug-likeness (QED) is 0.433. The number of halogens is 1. The SMILES string of the molecule is COc1cc(N)c(Cl)cc1C(=O)NC1CCN(P(=O)(OC)Oc2ccccc2)CC1OC. The highest BCUT2D eigenvalue weighted by Gasteiger charge is 2.41. The Labute approximate surface area is 192 Å². The number of benzene rings is 2. The molecule has 0 saturated carbocycles. The summed E-state index contributed by atoms with van der Waals surface area (Å²) in [6.45, 7) is 0.599. The van der Waals surface area contributed by atoms with Crippen molar-refractivity contribution in [2.75, 3.05) is 40.2 Å². The fraction of sp³-hybridized carbons (Fsp3) is 0.381. The van der Waals surface area contributed by atoms with Gasteiger partial charge in [0.15, 0.2) is 0 Å². The Kier molecular flexibility index (Phi) is 8.03. The number of ether oxygens (including phenoxy) is 2. The molecule has 9 nitrogen and oxygen atoms in total. The summed E-state index contributed by atoms with van der Waals surface area (Å²) in [5.74, 6) is 0.380. The number of methoxy groups -OCH3 is 2. The van der Waals surface area contributed by atoms with Crippen LogP contribution in [0.2, 0.25) is 5.02 Å². The minimum absolute atomic E-state index is 0.235. The van der Waals surface area contributed by atoms with Gasteiger partial charge in [-0.25, -0.2) is 4.57 Å². The van der Waals surface area contributed by atoms with E-state index in [-0.39, 0.29) is 29.1 Å². The van der Waals surface area contributed by atoms with Crippen LogP contribution in [-0.2, 0) is 13.8 Å². The monoisotopic (exact) mass is 483 g/mol. The van der Waals surface area contributed by atoms with Crippen molar-refractivity contribution in [3.05, 3.63) is 53.1 Å². The molecule has 3 N–H and O–H groups in total. The number of hydrogen-bond acceptors (Lipinski definition) is 7. The third-order valence-corrected chi connectivity index (χ3v) is 7.55. The summed E-state index contributed by atoms with van der Waals surface area (Å²) >= 11 is 6.09. The molecule has 1 aliphatic heterocycles. The van der Waals surface area contributed by atoms with E-state index in [0.717, 1.165) is 0 Å². The molecule has 1 fully saturated rings. The summed E-state index contributed by atoms with van der Waals surface area (Å²) < 4.78 is 36.8. The number of para-hydroxylation sites is 1. The van der Waals surface area contributed by atoms with Gasteiger partial charge in [0.1, 0.15) is 11.5 Å². The summed E-state index contributed by atoms with van der Waals surface area (Å²) in [5.41, 5.74) is 6.38. The minimum atomic E-state index is -3.60. The van der Waals surface area contributed by atoms with Crippen LogP contribution in [0.15, 0.2) is 42.5 Å². The van der Waals surface area contributed by atoms with Crippen LogP contribution in [0.1, 0.15) is 16.8 Å². The van der Waals surface area contributed by atoms with Crippen LogP contribution in [0.4, 0.5) is 5.69 Å². The van der Waals surface area contributed by atoms with Crippen LogP contribution in [0.3, 0.4) is 0 Å². The molecule has 2 aromatic carbocycles. The number of anilines is 1. The van der Waals surface area contributed by atoms with Crippen LogP contribution >= 0.6 is 19.3 Å². The second-order valence-corrected chi connectivity index (χ2v) is 9.64. The number of nitrogens with zero attached hydrogens (tertiary/aromatic N) is 1. The zero-order valence-electron chi connectivity index (χ0n) is 18.1. The number of hydrogen-bond donors (Lipinski definition) is 2. The molecule has 1 heterocycles. The van der Waals surface area contributed by atoms with Gasteiger partial charge in [0.2, 0.25) is 0 Å². The molecular formula is C21H27ClN3O6P. The first kappa shape index (κ1) is 24.4. The highest BCUT2D eigenvalue weighted by molar-refractivity contribution is 7.51. The van der Waals surface area contributed by atoms with Crippen molar-refractivity contribution in [1.29, 1.82) is 0 Å². The Morgan fingerprint density at radius 2 is 1.94 bits per heavy atom. The Morgan fingerprint density at radius 1 is 1.22 bits per heavy atom. The molecule has 0 spiro atoms. The zero-order valence-corrected chi connectivity index (χ0v) is 19.8. The molecule has 0 aliphatic carbocycles. The third-order valence-electron chi connectivity index (χ3n) is 5.26. The molecule has 0 radical (unpaired) electrons. The fourth-order valence-corrected chi connectivity index (χ4v) is 5.21. The first-order chi connectivity index (χ1) is 15.3. The van der Waals surface area contributed by atoms with E-state index in [2.05, 4.69) is 5.32 Å². The molecule has 11 heteroatoms. The van der Waals surface area contributed by atoms with E-state index >= 15 is 0 Å². The Balaban J connectivity index is 1.72. The number of nitrogens with one attached hydrogen (secondary N) is 1. The predicted molar refractivity (Wildman–Crippen MR) is 122 cm³/mol. The van der Waals surface area contributed by atoms with E-state index in [1.807, 2.05) is 6.07 Å². The molecule has 2 aromatic rings. The van der Waals surface area contributed by atoms with E-state index in [1.165, 1.54) is 33.5 Å². The van der Waals surface area contributed by atoms with Gasteiger partial charge in [-0.15, -0.1) is 0 Å². The molecule has 32 heavy (non-hydrogen) atoms. The van der Waals surface area contributed by atoms with Crippen LogP contribution in [0.5, 0.6) is 11.5 Å². The number of piperidine rings is 1. The molecule has 1 aliphatic rings. The number of carbonyl (C=O) groups is 1. The normalized spacial score (nSPS) is 20.9. The molecule has 3 unspecified atom stereocenters. The van der Waals surface area contributed by atoms with Crippen molar-refractivity contribution in [3.63, 3.8) is 0 Å². The van der Waals surface area contributed by atoms with Crippen molar-refractivity contribution in [2.24, 2.45) is 0 Å². The van der Waals surface area contributed by atoms with Crippen LogP contribution in [0.25, 0.3) is 0 Å². The van der Waals surface area contributed by atoms with Gasteiger partial charge in [-0.1, -0.05) is 29.8 Å². The van der Waals surface area contributed by atoms with Gasteiger partial charge in [-0.2, -0.15) is 4.67 Å². The molecular weight excluding hydrogens is 457 g/mol. The zero-order chi connectivity index (χ0) is 23.3. The van der Waals surface area contributed by atoms with E-state index in [0.29, 0.717) is 30.2 Å². The lowest BCUT2D eigenvalue weighted by Crippen LogP contribution is -2.54. The van der Waals surface area contributed by atoms with Gasteiger partial charge in [0, 0.05) is 33.4 Å². The molecule has 0 bridgehead atoms. The average Bonchev–Trinajstić information content (AvgIpc) is 2.81. The lowest BCUT2D eigenvalue weighted by atomic mass is 10.0. The number of amides is 1. The topological polar surface area (TPSA) is 112 Å². The van der Waals surface area contributed by atoms with E-state index in [9.17, 15) is 9.36 Å². The smallest absolute Gasteiger partial charge is 0.461 e. The summed E-state index contributed by atoms with van der Waals surface area (Å²) in [6, 6.07) is 11.4. The number of nitrogens with two attached hydrogens (primary N) is 1. The highest BCUT2D eigenvalue weighted by Crippen LogP contribution is 2.52. The standard InChI is InChI=1S/C21H27ClN3O6P/c1-28-19-12-17(23)16(22)11-15(19)21(26)24-18-9-10-25(13-20(18)29-2)32(27,30-3)31-14-7-5-4-6-8-14/h4-8,11-12,18,20H,9-10,13,23H2,1-3H3,(H,24,26). The fourth-order valence-electron chi connectivity index (χ4n) is 3.51. The molecule has 3 rings (SSSR count). The maximum atomic E-state index is 13.4. The van der Waals surface area contributed by atoms with Gasteiger partial charge >= 0.3 is 7.75 Å². The lowest BCUT2D eigenvalue weighted by molar-refractivity contribution is 0.0214. The van der Waals surface area contributed by atoms with E-state index in [1.54, 1.807) is 28.9 Å². The second-order valence-electron chi connectivity index (χ2n) is 7.18. The Morgan fingerprint density at radius 3 is 2.56 bits per heavy atom. The summed E-state index contributed by atoms with van der Waals surface area (Å²) in [4.78, 5) is 12.9. The predicted octanol–water partition coefficient (Wildman–Crippen LogP) is 3.58. The van der Waals surface area contributed by atoms with Crippen LogP contribution in [0, 0.1) is 0 Å². The lowest BCUT2D eigenvalue weighted by Gasteiger charge is -2.39. The summed E-state index contributed by atoms with van der Waals surface area (Å²) in [5, 5.41) is 3.21. The number of rotatable bonds is 8. The summed E-state index contributed by atoms with van der Waals surface area (Å²) in [7, 11) is 0.722. The molecule has 1 amide bonds. The van der Waals surface area contributed by atoms with Crippen LogP contribution < -0.4 is 20.3 Å². The van der Waals surface area contributed by atoms with Crippen LogP contribution in [-0.4, -0.2) is 57.1 Å². The van der Waals surface area contributed by atoms with Crippen molar-refractivity contribution in [1.82, 2.24) is 9.99 Å². The first-order valence-corrected chi connectivity index (χ1v) is 11.8. The van der Waals surface area contributed by atoms with E-state index < -0.39 is 13.9 Å². The Bertz CT molecular complexity index is 993. The van der Waals surface area contributed by atoms with Gasteiger partial charge < -0.3 is 25.0 Å². The van der Waals surface area contributed by atoms with Crippen molar-refractivity contribution >= 4 is 30.9 Å². The molecule has 1 saturated heterocycles. The van der Waals surface area contributed by atoms with Crippen molar-refractivity contribution in [2.45, 2.75) is 18.6 Å². The summed E-state index contributed by atoms with van der Waals surface area (Å²) in [6.07, 6.45) is 0.00613. The number of nitrogen functional groups attached to an aromatic ring is 1. The van der Waals surface area contributed by atoms with Gasteiger partial charge in [0.05, 0.1) is 35.5 Å². The maximum absolute atomic E-state index is 13.4. The van der Waals surface area contributed by atoms with Gasteiger partial charge in [-0.05, 0) is 24.6 Å². The number of carbonyl (C=O) groups excluding carboxylic acids is 1. The Hall–Kier alpha value is -2.29. The maximum Gasteiger partial charge on any atom is 0.461 e. The first-order valence-electron chi connectivity index (χ1n) is 9.93. The highest BCUT2D eigenvalue weighted by atomic mass is 35.5. The van der Waals surface area contributed by atoms with E-state index in [4.69, 9.17) is 35.9 Å². The molecule has 174 valence electrons. The van der Waals surface area contributed by atoms with Gasteiger partial charge in [0.25, 0.3) is 5.91 Å². The van der Waals surface area contributed by atoms with Crippen molar-refractivity contribution in [3.8, 4) is 11.5 Å². The largest absolute Gasteiger partial charge is 0.496 e. The third kappa shape index (κ3) is 5.36. The minimum Gasteiger partial charge on any atom is -0.496 e. The van der Waals surface area contributed by atoms with Gasteiger partial charge in [-0.3, -0.25) is 9.32 Å². The second kappa shape index (κ2) is 10.6. The van der Waals surface area contributed by atoms with Crippen molar-refractivity contribution < 1.29 is 27.9 Å².